The summed E-state index contributed by atoms with van der Waals surface area (Å²) >= 11 is 1.28. The van der Waals surface area contributed by atoms with E-state index in [9.17, 15) is 9.59 Å². The van der Waals surface area contributed by atoms with Crippen molar-refractivity contribution in [1.82, 2.24) is 5.32 Å². The molecule has 1 amide bonds. The van der Waals surface area contributed by atoms with Gasteiger partial charge in [0.25, 0.3) is 5.91 Å². The molecule has 0 bridgehead atoms. The zero-order valence-electron chi connectivity index (χ0n) is 14.9. The molecule has 1 aromatic carbocycles. The Balaban J connectivity index is 1.77. The second kappa shape index (κ2) is 10.5. The molecule has 0 unspecified atom stereocenters. The molecule has 140 valence electrons. The summed E-state index contributed by atoms with van der Waals surface area (Å²) in [6, 6.07) is 9.14. The maximum absolute atomic E-state index is 11.8. The molecule has 26 heavy (non-hydrogen) atoms. The lowest BCUT2D eigenvalue weighted by Gasteiger charge is -2.12. The highest BCUT2D eigenvalue weighted by Crippen LogP contribution is 2.28. The number of carbonyl (C=O) groups excluding carboxylic acids is 2. The number of ether oxygens (including phenoxy) is 3. The molecular weight excluding hydrogens is 354 g/mol. The molecule has 2 rings (SSSR count). The van der Waals surface area contributed by atoms with Crippen molar-refractivity contribution < 1.29 is 23.8 Å². The van der Waals surface area contributed by atoms with Crippen molar-refractivity contribution in [3.63, 3.8) is 0 Å². The summed E-state index contributed by atoms with van der Waals surface area (Å²) in [5.41, 5.74) is 1.02. The van der Waals surface area contributed by atoms with Gasteiger partial charge in [-0.15, -0.1) is 11.3 Å². The van der Waals surface area contributed by atoms with Crippen LogP contribution < -0.4 is 14.8 Å². The molecule has 1 N–H and O–H groups in total. The Bertz CT molecular complexity index is 715. The molecule has 1 heterocycles. The van der Waals surface area contributed by atoms with Gasteiger partial charge in [-0.1, -0.05) is 12.1 Å². The van der Waals surface area contributed by atoms with Gasteiger partial charge in [0.15, 0.2) is 18.1 Å². The molecule has 0 saturated heterocycles. The van der Waals surface area contributed by atoms with E-state index in [4.69, 9.17) is 14.2 Å². The molecule has 0 saturated carbocycles. The van der Waals surface area contributed by atoms with Crippen LogP contribution in [0.4, 0.5) is 0 Å². The van der Waals surface area contributed by atoms with Crippen LogP contribution in [0.15, 0.2) is 35.7 Å². The molecule has 0 aliphatic carbocycles. The molecule has 0 spiro atoms. The summed E-state index contributed by atoms with van der Waals surface area (Å²) in [4.78, 5) is 23.9. The Morgan fingerprint density at radius 3 is 2.54 bits per heavy atom. The predicted octanol–water partition coefficient (Wildman–Crippen LogP) is 3.06. The minimum absolute atomic E-state index is 0.287. The molecule has 0 aliphatic rings. The highest BCUT2D eigenvalue weighted by molar-refractivity contribution is 7.11. The minimum Gasteiger partial charge on any atom is -0.490 e. The number of benzene rings is 1. The van der Waals surface area contributed by atoms with Gasteiger partial charge in [-0.2, -0.15) is 0 Å². The van der Waals surface area contributed by atoms with Crippen LogP contribution in [0, 0.1) is 0 Å². The molecule has 2 aromatic rings. The first kappa shape index (κ1) is 19.8. The average Bonchev–Trinajstić information content (AvgIpc) is 3.17. The summed E-state index contributed by atoms with van der Waals surface area (Å²) in [6.45, 7) is 5.11. The van der Waals surface area contributed by atoms with Crippen LogP contribution in [-0.4, -0.2) is 38.2 Å². The Hall–Kier alpha value is -2.54. The van der Waals surface area contributed by atoms with E-state index in [1.54, 1.807) is 17.5 Å². The van der Waals surface area contributed by atoms with E-state index in [0.717, 1.165) is 5.56 Å². The maximum Gasteiger partial charge on any atom is 0.348 e. The normalized spacial score (nSPS) is 10.2. The fraction of sp³-hybridized carbons (Fsp3) is 0.368. The fourth-order valence-corrected chi connectivity index (χ4v) is 2.86. The van der Waals surface area contributed by atoms with Crippen molar-refractivity contribution in [2.45, 2.75) is 20.3 Å². The predicted molar refractivity (Wildman–Crippen MR) is 100 cm³/mol. The molecule has 0 atom stereocenters. The topological polar surface area (TPSA) is 73.9 Å². The maximum atomic E-state index is 11.8. The highest BCUT2D eigenvalue weighted by Gasteiger charge is 2.11. The third-order valence-electron chi connectivity index (χ3n) is 3.40. The first-order chi connectivity index (χ1) is 12.6. The lowest BCUT2D eigenvalue weighted by atomic mass is 10.1. The molecule has 1 aromatic heterocycles. The van der Waals surface area contributed by atoms with Crippen LogP contribution in [0.1, 0.15) is 29.1 Å². The van der Waals surface area contributed by atoms with E-state index < -0.39 is 5.97 Å². The van der Waals surface area contributed by atoms with E-state index >= 15 is 0 Å². The van der Waals surface area contributed by atoms with Crippen molar-refractivity contribution in [3.05, 3.63) is 46.2 Å². The van der Waals surface area contributed by atoms with E-state index in [-0.39, 0.29) is 12.5 Å². The van der Waals surface area contributed by atoms with Crippen molar-refractivity contribution in [1.29, 1.82) is 0 Å². The van der Waals surface area contributed by atoms with Crippen LogP contribution in [0.25, 0.3) is 0 Å². The third-order valence-corrected chi connectivity index (χ3v) is 4.25. The van der Waals surface area contributed by atoms with Gasteiger partial charge < -0.3 is 19.5 Å². The standard InChI is InChI=1S/C19H23NO5S/c1-3-23-15-8-7-14(12-16(15)24-4-2)9-10-20-18(21)13-25-19(22)17-6-5-11-26-17/h5-8,11-12H,3-4,9-10,13H2,1-2H3,(H,20,21). The van der Waals surface area contributed by atoms with E-state index in [2.05, 4.69) is 5.32 Å². The number of hydrogen-bond acceptors (Lipinski definition) is 6. The van der Waals surface area contributed by atoms with Crippen molar-refractivity contribution in [3.8, 4) is 11.5 Å². The van der Waals surface area contributed by atoms with E-state index in [1.807, 2.05) is 32.0 Å². The van der Waals surface area contributed by atoms with Crippen molar-refractivity contribution >= 4 is 23.2 Å². The quantitative estimate of drug-likeness (QED) is 0.644. The van der Waals surface area contributed by atoms with Crippen LogP contribution in [0.5, 0.6) is 11.5 Å². The SMILES string of the molecule is CCOc1ccc(CCNC(=O)COC(=O)c2cccs2)cc1OCC. The largest absolute Gasteiger partial charge is 0.490 e. The van der Waals surface area contributed by atoms with E-state index in [1.165, 1.54) is 11.3 Å². The van der Waals surface area contributed by atoms with Crippen LogP contribution >= 0.6 is 11.3 Å². The van der Waals surface area contributed by atoms with Crippen LogP contribution in [0.3, 0.4) is 0 Å². The van der Waals surface area contributed by atoms with Crippen molar-refractivity contribution in [2.75, 3.05) is 26.4 Å². The number of carbonyl (C=O) groups is 2. The Kier molecular flexibility index (Phi) is 7.95. The van der Waals surface area contributed by atoms with Gasteiger partial charge in [-0.3, -0.25) is 4.79 Å². The van der Waals surface area contributed by atoms with Gasteiger partial charge in [0.2, 0.25) is 0 Å². The smallest absolute Gasteiger partial charge is 0.348 e. The average molecular weight is 377 g/mol. The number of thiophene rings is 1. The van der Waals surface area contributed by atoms with Gasteiger partial charge in [-0.05, 0) is 49.4 Å². The van der Waals surface area contributed by atoms with Gasteiger partial charge in [0.1, 0.15) is 4.88 Å². The van der Waals surface area contributed by atoms with Crippen LogP contribution in [-0.2, 0) is 16.0 Å². The third kappa shape index (κ3) is 6.07. The molecular formula is C19H23NO5S. The fourth-order valence-electron chi connectivity index (χ4n) is 2.25. The lowest BCUT2D eigenvalue weighted by Crippen LogP contribution is -2.30. The summed E-state index contributed by atoms with van der Waals surface area (Å²) in [5.74, 6) is 0.597. The van der Waals surface area contributed by atoms with E-state index in [0.29, 0.717) is 42.6 Å². The van der Waals surface area contributed by atoms with Crippen LogP contribution in [0.2, 0.25) is 0 Å². The molecule has 6 nitrogen and oxygen atoms in total. The zero-order chi connectivity index (χ0) is 18.8. The van der Waals surface area contributed by atoms with Gasteiger partial charge >= 0.3 is 5.97 Å². The Labute approximate surface area is 157 Å². The number of esters is 1. The summed E-state index contributed by atoms with van der Waals surface area (Å²) in [6.07, 6.45) is 0.636. The molecule has 7 heteroatoms. The number of rotatable bonds is 10. The molecule has 0 aliphatic heterocycles. The second-order valence-corrected chi connectivity index (χ2v) is 6.25. The van der Waals surface area contributed by atoms with Gasteiger partial charge in [-0.25, -0.2) is 4.79 Å². The molecule has 0 fully saturated rings. The Morgan fingerprint density at radius 2 is 1.85 bits per heavy atom. The number of nitrogens with one attached hydrogen (secondary N) is 1. The van der Waals surface area contributed by atoms with Gasteiger partial charge in [0, 0.05) is 6.54 Å². The van der Waals surface area contributed by atoms with Gasteiger partial charge in [0.05, 0.1) is 13.2 Å². The monoisotopic (exact) mass is 377 g/mol. The Morgan fingerprint density at radius 1 is 1.08 bits per heavy atom. The summed E-state index contributed by atoms with van der Waals surface area (Å²) < 4.78 is 16.1. The minimum atomic E-state index is -0.483. The summed E-state index contributed by atoms with van der Waals surface area (Å²) in [7, 11) is 0. The second-order valence-electron chi connectivity index (χ2n) is 5.30. The molecule has 0 radical (unpaired) electrons. The lowest BCUT2D eigenvalue weighted by molar-refractivity contribution is -0.124. The number of hydrogen-bond donors (Lipinski definition) is 1. The number of amides is 1. The van der Waals surface area contributed by atoms with Crippen molar-refractivity contribution in [2.24, 2.45) is 0 Å². The first-order valence-electron chi connectivity index (χ1n) is 8.49. The summed E-state index contributed by atoms with van der Waals surface area (Å²) in [5, 5.41) is 4.52. The zero-order valence-corrected chi connectivity index (χ0v) is 15.8. The first-order valence-corrected chi connectivity index (χ1v) is 9.37. The highest BCUT2D eigenvalue weighted by atomic mass is 32.1.